The molecule has 1 aliphatic heterocycles. The van der Waals surface area contributed by atoms with Gasteiger partial charge in [-0.25, -0.2) is 0 Å². The summed E-state index contributed by atoms with van der Waals surface area (Å²) in [6.45, 7) is 4.24. The summed E-state index contributed by atoms with van der Waals surface area (Å²) in [7, 11) is 2.04. The number of carbonyl (C=O) groups is 1. The molecule has 0 saturated carbocycles. The minimum absolute atomic E-state index is 0.266. The molecule has 1 aromatic carbocycles. The fourth-order valence-electron chi connectivity index (χ4n) is 2.07. The quantitative estimate of drug-likeness (QED) is 0.766. The Labute approximate surface area is 108 Å². The molecule has 0 aromatic heterocycles. The van der Waals surface area contributed by atoms with Gasteiger partial charge in [0.1, 0.15) is 5.75 Å². The number of nitrogens with zero attached hydrogens (tertiary/aromatic N) is 1. The molecule has 0 N–H and O–H groups in total. The Bertz CT molecular complexity index is 448. The van der Waals surface area contributed by atoms with Crippen molar-refractivity contribution >= 4 is 11.9 Å². The van der Waals surface area contributed by atoms with Crippen LogP contribution in [-0.4, -0.2) is 37.4 Å². The van der Waals surface area contributed by atoms with E-state index in [9.17, 15) is 4.79 Å². The third-order valence-electron chi connectivity index (χ3n) is 3.05. The number of likely N-dealkylation sites (N-methyl/N-ethyl adjacent to an activating group) is 1. The van der Waals surface area contributed by atoms with Crippen LogP contribution in [0.2, 0.25) is 0 Å². The highest BCUT2D eigenvalue weighted by Gasteiger charge is 2.18. The van der Waals surface area contributed by atoms with E-state index in [1.54, 1.807) is 0 Å². The minimum atomic E-state index is 0.266. The van der Waals surface area contributed by atoms with Crippen LogP contribution in [0.1, 0.15) is 18.9 Å². The zero-order chi connectivity index (χ0) is 13.0. The van der Waals surface area contributed by atoms with E-state index < -0.39 is 0 Å². The fraction of sp³-hybridized carbons (Fsp3) is 0.400. The molecule has 0 bridgehead atoms. The Kier molecular flexibility index (Phi) is 4.15. The normalized spacial score (nSPS) is 19.2. The summed E-state index contributed by atoms with van der Waals surface area (Å²) in [4.78, 5) is 14.0. The van der Waals surface area contributed by atoms with E-state index in [0.717, 1.165) is 30.0 Å². The average Bonchev–Trinajstić information content (AvgIpc) is 2.37. The maximum Gasteiger partial charge on any atom is 0.161 e. The first-order chi connectivity index (χ1) is 8.69. The van der Waals surface area contributed by atoms with Crippen LogP contribution in [0.15, 0.2) is 29.8 Å². The Morgan fingerprint density at radius 2 is 2.06 bits per heavy atom. The molecule has 0 aliphatic carbocycles. The molecular weight excluding hydrogens is 226 g/mol. The summed E-state index contributed by atoms with van der Waals surface area (Å²) in [6, 6.07) is 7.85. The van der Waals surface area contributed by atoms with Crippen LogP contribution in [0.25, 0.3) is 6.08 Å². The second-order valence-corrected chi connectivity index (χ2v) is 4.58. The van der Waals surface area contributed by atoms with E-state index in [4.69, 9.17) is 4.74 Å². The van der Waals surface area contributed by atoms with Crippen LogP contribution in [0.3, 0.4) is 0 Å². The van der Waals surface area contributed by atoms with Crippen LogP contribution in [0.5, 0.6) is 5.75 Å². The molecule has 1 aliphatic rings. The van der Waals surface area contributed by atoms with E-state index in [-0.39, 0.29) is 5.78 Å². The predicted octanol–water partition coefficient (Wildman–Crippen LogP) is 2.37. The largest absolute Gasteiger partial charge is 0.494 e. The molecule has 0 unspecified atom stereocenters. The molecule has 1 aromatic rings. The molecule has 3 heteroatoms. The van der Waals surface area contributed by atoms with Gasteiger partial charge in [-0.15, -0.1) is 0 Å². The van der Waals surface area contributed by atoms with Gasteiger partial charge in [0.2, 0.25) is 0 Å². The Hall–Kier alpha value is -1.61. The predicted molar refractivity (Wildman–Crippen MR) is 72.7 cm³/mol. The first-order valence-electron chi connectivity index (χ1n) is 6.34. The molecular formula is C15H19NO2. The highest BCUT2D eigenvalue weighted by Crippen LogP contribution is 2.17. The van der Waals surface area contributed by atoms with Gasteiger partial charge in [-0.2, -0.15) is 0 Å². The maximum atomic E-state index is 11.8. The molecule has 3 nitrogen and oxygen atoms in total. The second-order valence-electron chi connectivity index (χ2n) is 4.58. The van der Waals surface area contributed by atoms with E-state index in [2.05, 4.69) is 4.90 Å². The van der Waals surface area contributed by atoms with Gasteiger partial charge in [0.15, 0.2) is 5.78 Å². The number of ketones is 1. The molecule has 18 heavy (non-hydrogen) atoms. The van der Waals surface area contributed by atoms with Gasteiger partial charge in [-0.05, 0) is 37.7 Å². The van der Waals surface area contributed by atoms with Crippen LogP contribution in [0, 0.1) is 0 Å². The summed E-state index contributed by atoms with van der Waals surface area (Å²) in [6.07, 6.45) is 2.60. The van der Waals surface area contributed by atoms with Gasteiger partial charge in [-0.1, -0.05) is 12.1 Å². The third-order valence-corrected chi connectivity index (χ3v) is 3.05. The van der Waals surface area contributed by atoms with Crippen LogP contribution in [-0.2, 0) is 4.79 Å². The van der Waals surface area contributed by atoms with Crippen molar-refractivity contribution in [3.63, 3.8) is 0 Å². The lowest BCUT2D eigenvalue weighted by molar-refractivity contribution is -0.117. The molecule has 2 rings (SSSR count). The first-order valence-corrected chi connectivity index (χ1v) is 6.34. The molecule has 0 atom stereocenters. The van der Waals surface area contributed by atoms with E-state index in [1.165, 1.54) is 0 Å². The standard InChI is InChI=1S/C15H19NO2/c1-3-18-14-6-4-12(5-7-14)10-13-11-16(2)9-8-15(13)17/h4-7,10H,3,8-9,11H2,1-2H3/b13-10+. The molecule has 1 heterocycles. The molecule has 0 amide bonds. The SMILES string of the molecule is CCOc1ccc(/C=C2\CN(C)CCC2=O)cc1. The van der Waals surface area contributed by atoms with Crippen molar-refractivity contribution in [3.8, 4) is 5.75 Å². The van der Waals surface area contributed by atoms with Gasteiger partial charge in [0.25, 0.3) is 0 Å². The number of rotatable bonds is 3. The number of piperidine rings is 1. The van der Waals surface area contributed by atoms with Crippen molar-refractivity contribution in [1.29, 1.82) is 0 Å². The number of Topliss-reactive ketones (excluding diaryl/α,β-unsaturated/α-hetero) is 1. The topological polar surface area (TPSA) is 29.5 Å². The third kappa shape index (κ3) is 3.20. The van der Waals surface area contributed by atoms with Crippen LogP contribution < -0.4 is 4.74 Å². The summed E-state index contributed by atoms with van der Waals surface area (Å²) in [5.74, 6) is 1.13. The van der Waals surface area contributed by atoms with Crippen molar-refractivity contribution in [3.05, 3.63) is 35.4 Å². The van der Waals surface area contributed by atoms with Gasteiger partial charge in [0, 0.05) is 25.1 Å². The monoisotopic (exact) mass is 245 g/mol. The second kappa shape index (κ2) is 5.83. The fourth-order valence-corrected chi connectivity index (χ4v) is 2.07. The lowest BCUT2D eigenvalue weighted by Crippen LogP contribution is -2.32. The zero-order valence-corrected chi connectivity index (χ0v) is 11.0. The lowest BCUT2D eigenvalue weighted by Gasteiger charge is -2.23. The lowest BCUT2D eigenvalue weighted by atomic mass is 10.0. The van der Waals surface area contributed by atoms with E-state index in [1.807, 2.05) is 44.3 Å². The van der Waals surface area contributed by atoms with Crippen LogP contribution >= 0.6 is 0 Å². The zero-order valence-electron chi connectivity index (χ0n) is 11.0. The molecule has 0 spiro atoms. The smallest absolute Gasteiger partial charge is 0.161 e. The number of benzene rings is 1. The number of hydrogen-bond acceptors (Lipinski definition) is 3. The highest BCUT2D eigenvalue weighted by molar-refractivity contribution is 6.00. The highest BCUT2D eigenvalue weighted by atomic mass is 16.5. The van der Waals surface area contributed by atoms with Crippen molar-refractivity contribution in [1.82, 2.24) is 4.90 Å². The number of carbonyl (C=O) groups excluding carboxylic acids is 1. The average molecular weight is 245 g/mol. The van der Waals surface area contributed by atoms with Crippen molar-refractivity contribution in [2.75, 3.05) is 26.7 Å². The molecule has 0 radical (unpaired) electrons. The minimum Gasteiger partial charge on any atom is -0.494 e. The van der Waals surface area contributed by atoms with Crippen molar-refractivity contribution < 1.29 is 9.53 Å². The Morgan fingerprint density at radius 1 is 1.33 bits per heavy atom. The summed E-state index contributed by atoms with van der Waals surface area (Å²) < 4.78 is 5.39. The molecule has 96 valence electrons. The summed E-state index contributed by atoms with van der Waals surface area (Å²) >= 11 is 0. The van der Waals surface area contributed by atoms with E-state index >= 15 is 0 Å². The van der Waals surface area contributed by atoms with Gasteiger partial charge >= 0.3 is 0 Å². The summed E-state index contributed by atoms with van der Waals surface area (Å²) in [5, 5.41) is 0. The molecule has 1 saturated heterocycles. The van der Waals surface area contributed by atoms with Crippen molar-refractivity contribution in [2.45, 2.75) is 13.3 Å². The van der Waals surface area contributed by atoms with Gasteiger partial charge < -0.3 is 9.64 Å². The van der Waals surface area contributed by atoms with Gasteiger partial charge in [0.05, 0.1) is 6.61 Å². The van der Waals surface area contributed by atoms with Gasteiger partial charge in [-0.3, -0.25) is 4.79 Å². The number of likely N-dealkylation sites (tertiary alicyclic amines) is 1. The molecule has 1 fully saturated rings. The van der Waals surface area contributed by atoms with E-state index in [0.29, 0.717) is 13.0 Å². The maximum absolute atomic E-state index is 11.8. The number of ether oxygens (including phenoxy) is 1. The Balaban J connectivity index is 2.13. The Morgan fingerprint density at radius 3 is 2.72 bits per heavy atom. The first kappa shape index (κ1) is 12.8. The van der Waals surface area contributed by atoms with Crippen LogP contribution in [0.4, 0.5) is 0 Å². The summed E-state index contributed by atoms with van der Waals surface area (Å²) in [5.41, 5.74) is 1.95. The number of hydrogen-bond donors (Lipinski definition) is 0. The van der Waals surface area contributed by atoms with Crippen molar-refractivity contribution in [2.24, 2.45) is 0 Å².